The van der Waals surface area contributed by atoms with Crippen molar-refractivity contribution in [1.29, 1.82) is 0 Å². The summed E-state index contributed by atoms with van der Waals surface area (Å²) in [5, 5.41) is -0.116. The first-order chi connectivity index (χ1) is 11.1. The fourth-order valence-corrected chi connectivity index (χ4v) is 6.05. The van der Waals surface area contributed by atoms with E-state index in [0.717, 1.165) is 6.07 Å². The van der Waals surface area contributed by atoms with Gasteiger partial charge in [-0.25, -0.2) is 8.42 Å². The summed E-state index contributed by atoms with van der Waals surface area (Å²) in [4.78, 5) is 13.3. The number of hydrogen-bond donors (Lipinski definition) is 0. The number of alkyl halides is 3. The van der Waals surface area contributed by atoms with Crippen LogP contribution < -0.4 is 0 Å². The zero-order chi connectivity index (χ0) is 18.0. The van der Waals surface area contributed by atoms with E-state index in [2.05, 4.69) is 0 Å². The lowest BCUT2D eigenvalue weighted by atomic mass is 10.1. The minimum Gasteiger partial charge on any atom is -0.341 e. The minimum absolute atomic E-state index is 0.0364. The van der Waals surface area contributed by atoms with E-state index in [9.17, 15) is 26.4 Å². The Kier molecular flexibility index (Phi) is 5.85. The van der Waals surface area contributed by atoms with Crippen LogP contribution in [0.1, 0.15) is 17.5 Å². The first-order valence-corrected chi connectivity index (χ1v) is 10.2. The molecule has 0 saturated carbocycles. The molecule has 1 saturated heterocycles. The molecule has 0 aliphatic carbocycles. The number of benzene rings is 1. The van der Waals surface area contributed by atoms with Crippen LogP contribution in [-0.4, -0.2) is 48.8 Å². The largest absolute Gasteiger partial charge is 0.416 e. The predicted octanol–water partition coefficient (Wildman–Crippen LogP) is 2.58. The van der Waals surface area contributed by atoms with Crippen molar-refractivity contribution in [3.8, 4) is 0 Å². The van der Waals surface area contributed by atoms with Gasteiger partial charge in [-0.05, 0) is 18.1 Å². The molecule has 0 N–H and O–H groups in total. The molecule has 0 bridgehead atoms. The Morgan fingerprint density at radius 3 is 2.58 bits per heavy atom. The molecule has 0 spiro atoms. The summed E-state index contributed by atoms with van der Waals surface area (Å²) in [6.45, 7) is -0.141. The Bertz CT molecular complexity index is 704. The highest BCUT2D eigenvalue weighted by molar-refractivity contribution is 8.02. The van der Waals surface area contributed by atoms with Gasteiger partial charge in [-0.15, -0.1) is 11.8 Å². The van der Waals surface area contributed by atoms with E-state index in [4.69, 9.17) is 0 Å². The highest BCUT2D eigenvalue weighted by Gasteiger charge is 2.33. The first-order valence-electron chi connectivity index (χ1n) is 7.29. The molecule has 1 aromatic rings. The van der Waals surface area contributed by atoms with E-state index >= 15 is 0 Å². The molecular weight excluding hydrogens is 363 g/mol. The summed E-state index contributed by atoms with van der Waals surface area (Å²) in [6.07, 6.45) is -3.95. The number of rotatable bonds is 5. The number of amides is 1. The fourth-order valence-electron chi connectivity index (χ4n) is 2.47. The summed E-state index contributed by atoms with van der Waals surface area (Å²) >= 11 is 1.25. The molecule has 2 rings (SSSR count). The predicted molar refractivity (Wildman–Crippen MR) is 87.4 cm³/mol. The normalized spacial score (nSPS) is 20.1. The van der Waals surface area contributed by atoms with Gasteiger partial charge < -0.3 is 4.90 Å². The van der Waals surface area contributed by atoms with E-state index in [1.165, 1.54) is 41.9 Å². The molecular formula is C15H18F3NO3S2. The van der Waals surface area contributed by atoms with Crippen LogP contribution in [0.3, 0.4) is 0 Å². The lowest BCUT2D eigenvalue weighted by Crippen LogP contribution is -2.29. The second-order valence-corrected chi connectivity index (χ2v) is 9.26. The minimum atomic E-state index is -4.46. The third kappa shape index (κ3) is 5.14. The van der Waals surface area contributed by atoms with Crippen LogP contribution in [0.5, 0.6) is 0 Å². The Morgan fingerprint density at radius 1 is 1.33 bits per heavy atom. The van der Waals surface area contributed by atoms with Crippen LogP contribution in [0.2, 0.25) is 0 Å². The lowest BCUT2D eigenvalue weighted by molar-refractivity contribution is -0.139. The van der Waals surface area contributed by atoms with Gasteiger partial charge in [-0.1, -0.05) is 18.2 Å². The Labute approximate surface area is 143 Å². The van der Waals surface area contributed by atoms with E-state index in [1.807, 2.05) is 0 Å². The van der Waals surface area contributed by atoms with Gasteiger partial charge in [0.05, 0.1) is 22.8 Å². The van der Waals surface area contributed by atoms with Crippen molar-refractivity contribution >= 4 is 27.5 Å². The van der Waals surface area contributed by atoms with Crippen molar-refractivity contribution in [3.63, 3.8) is 0 Å². The van der Waals surface area contributed by atoms with Gasteiger partial charge in [0.1, 0.15) is 0 Å². The molecule has 1 heterocycles. The van der Waals surface area contributed by atoms with Crippen LogP contribution in [0.25, 0.3) is 0 Å². The number of sulfone groups is 1. The van der Waals surface area contributed by atoms with E-state index < -0.39 is 21.6 Å². The maximum absolute atomic E-state index is 13.0. The Morgan fingerprint density at radius 2 is 2.00 bits per heavy atom. The highest BCUT2D eigenvalue weighted by Crippen LogP contribution is 2.32. The zero-order valence-electron chi connectivity index (χ0n) is 13.0. The maximum Gasteiger partial charge on any atom is 0.416 e. The van der Waals surface area contributed by atoms with Gasteiger partial charge in [0.2, 0.25) is 5.91 Å². The van der Waals surface area contributed by atoms with Crippen LogP contribution in [0.4, 0.5) is 13.2 Å². The van der Waals surface area contributed by atoms with E-state index in [0.29, 0.717) is 6.42 Å². The average Bonchev–Trinajstić information content (AvgIpc) is 2.83. The summed E-state index contributed by atoms with van der Waals surface area (Å²) < 4.78 is 61.6. The van der Waals surface area contributed by atoms with E-state index in [-0.39, 0.29) is 40.5 Å². The smallest absolute Gasteiger partial charge is 0.341 e. The van der Waals surface area contributed by atoms with Crippen LogP contribution in [-0.2, 0) is 27.4 Å². The number of halogens is 3. The number of thioether (sulfide) groups is 1. The number of carbonyl (C=O) groups excluding carboxylic acids is 1. The van der Waals surface area contributed by atoms with Crippen molar-refractivity contribution in [3.05, 3.63) is 35.4 Å². The van der Waals surface area contributed by atoms with Crippen molar-refractivity contribution in [2.75, 3.05) is 24.3 Å². The summed E-state index contributed by atoms with van der Waals surface area (Å²) in [5.74, 6) is -0.0642. The topological polar surface area (TPSA) is 54.5 Å². The third-order valence-electron chi connectivity index (χ3n) is 3.79. The molecule has 1 amide bonds. The molecule has 0 radical (unpaired) electrons. The summed E-state index contributed by atoms with van der Waals surface area (Å²) in [5.41, 5.74) is -0.714. The van der Waals surface area contributed by atoms with E-state index in [1.54, 1.807) is 0 Å². The van der Waals surface area contributed by atoms with Gasteiger partial charge >= 0.3 is 6.18 Å². The monoisotopic (exact) mass is 381 g/mol. The van der Waals surface area contributed by atoms with Gasteiger partial charge in [-0.3, -0.25) is 4.79 Å². The molecule has 24 heavy (non-hydrogen) atoms. The van der Waals surface area contributed by atoms with Crippen LogP contribution in [0, 0.1) is 0 Å². The SMILES string of the molecule is CN(Cc1ccccc1C(F)(F)F)C(=O)CSC1CCS(=O)(=O)C1. The average molecular weight is 381 g/mol. The fraction of sp³-hybridized carbons (Fsp3) is 0.533. The van der Waals surface area contributed by atoms with Gasteiger partial charge in [0.25, 0.3) is 0 Å². The standard InChI is InChI=1S/C15H18F3NO3S2/c1-19(8-11-4-2-3-5-13(11)15(16,17)18)14(20)9-23-12-6-7-24(21,22)10-12/h2-5,12H,6-10H2,1H3. The van der Waals surface area contributed by atoms with Crippen molar-refractivity contribution < 1.29 is 26.4 Å². The Hall–Kier alpha value is -1.22. The molecule has 1 aliphatic rings. The quantitative estimate of drug-likeness (QED) is 0.787. The number of nitrogens with zero attached hydrogens (tertiary/aromatic N) is 1. The van der Waals surface area contributed by atoms with Crippen LogP contribution >= 0.6 is 11.8 Å². The van der Waals surface area contributed by atoms with Gasteiger partial charge in [0, 0.05) is 18.8 Å². The third-order valence-corrected chi connectivity index (χ3v) is 7.06. The van der Waals surface area contributed by atoms with Crippen molar-refractivity contribution in [1.82, 2.24) is 4.90 Å². The molecule has 134 valence electrons. The van der Waals surface area contributed by atoms with Crippen molar-refractivity contribution in [2.24, 2.45) is 0 Å². The molecule has 1 fully saturated rings. The molecule has 9 heteroatoms. The highest BCUT2D eigenvalue weighted by atomic mass is 32.2. The molecule has 1 aliphatic heterocycles. The van der Waals surface area contributed by atoms with Crippen molar-refractivity contribution in [2.45, 2.75) is 24.4 Å². The second-order valence-electron chi connectivity index (χ2n) is 5.74. The molecule has 1 unspecified atom stereocenters. The van der Waals surface area contributed by atoms with Gasteiger partial charge in [0.15, 0.2) is 9.84 Å². The number of hydrogen-bond acceptors (Lipinski definition) is 4. The zero-order valence-corrected chi connectivity index (χ0v) is 14.7. The summed E-state index contributed by atoms with van der Waals surface area (Å²) in [7, 11) is -1.56. The van der Waals surface area contributed by atoms with Gasteiger partial charge in [-0.2, -0.15) is 13.2 Å². The first kappa shape index (κ1) is 19.1. The molecule has 4 nitrogen and oxygen atoms in total. The number of carbonyl (C=O) groups is 1. The molecule has 1 aromatic carbocycles. The lowest BCUT2D eigenvalue weighted by Gasteiger charge is -2.20. The van der Waals surface area contributed by atoms with Crippen LogP contribution in [0.15, 0.2) is 24.3 Å². The summed E-state index contributed by atoms with van der Waals surface area (Å²) in [6, 6.07) is 5.15. The molecule has 0 aromatic heterocycles. The second kappa shape index (κ2) is 7.35. The molecule has 1 atom stereocenters. The Balaban J connectivity index is 1.93. The maximum atomic E-state index is 13.0.